The summed E-state index contributed by atoms with van der Waals surface area (Å²) in [5, 5.41) is 7.79. The van der Waals surface area contributed by atoms with Crippen molar-refractivity contribution in [2.75, 3.05) is 22.5 Å². The lowest BCUT2D eigenvalue weighted by Crippen LogP contribution is -2.22. The van der Waals surface area contributed by atoms with Gasteiger partial charge in [-0.1, -0.05) is 17.7 Å². The van der Waals surface area contributed by atoms with Crippen LogP contribution in [0.4, 0.5) is 30.2 Å². The third-order valence-corrected chi connectivity index (χ3v) is 3.53. The molecular formula is C17H15ClF3N3O2. The molecular weight excluding hydrogens is 371 g/mol. The molecule has 26 heavy (non-hydrogen) atoms. The summed E-state index contributed by atoms with van der Waals surface area (Å²) in [6.45, 7) is 1.07. The first kappa shape index (κ1) is 19.6. The molecule has 0 spiro atoms. The van der Waals surface area contributed by atoms with Gasteiger partial charge in [-0.3, -0.25) is 9.59 Å². The highest BCUT2D eigenvalue weighted by atomic mass is 35.5. The fraction of sp³-hybridized carbons (Fsp3) is 0.176. The van der Waals surface area contributed by atoms with Crippen molar-refractivity contribution in [2.24, 2.45) is 0 Å². The Balaban J connectivity index is 2.00. The summed E-state index contributed by atoms with van der Waals surface area (Å²) in [7, 11) is 0. The number of halogens is 4. The quantitative estimate of drug-likeness (QED) is 0.716. The molecule has 2 aromatic rings. The highest BCUT2D eigenvalue weighted by Crippen LogP contribution is 2.33. The highest BCUT2D eigenvalue weighted by Gasteiger charge is 2.30. The van der Waals surface area contributed by atoms with Gasteiger partial charge in [-0.15, -0.1) is 0 Å². The third kappa shape index (κ3) is 5.66. The lowest BCUT2D eigenvalue weighted by Gasteiger charge is -2.13. The van der Waals surface area contributed by atoms with Gasteiger partial charge in [0.15, 0.2) is 0 Å². The van der Waals surface area contributed by atoms with Crippen molar-refractivity contribution in [3.8, 4) is 0 Å². The Kier molecular flexibility index (Phi) is 6.10. The Morgan fingerprint density at radius 3 is 2.31 bits per heavy atom. The van der Waals surface area contributed by atoms with Gasteiger partial charge in [-0.2, -0.15) is 13.2 Å². The maximum absolute atomic E-state index is 12.7. The number of hydrogen-bond acceptors (Lipinski definition) is 3. The van der Waals surface area contributed by atoms with E-state index >= 15 is 0 Å². The molecule has 0 saturated carbocycles. The topological polar surface area (TPSA) is 70.2 Å². The molecule has 138 valence electrons. The summed E-state index contributed by atoms with van der Waals surface area (Å²) in [6, 6.07) is 9.27. The lowest BCUT2D eigenvalue weighted by molar-refractivity contribution is -0.137. The molecule has 2 rings (SSSR count). The number of carbonyl (C=O) groups is 2. The minimum absolute atomic E-state index is 0.00337. The van der Waals surface area contributed by atoms with Crippen molar-refractivity contribution < 1.29 is 22.8 Å². The Morgan fingerprint density at radius 1 is 1.04 bits per heavy atom. The predicted octanol–water partition coefficient (Wildman–Crippen LogP) is 4.37. The summed E-state index contributed by atoms with van der Waals surface area (Å²) in [5.41, 5.74) is 0.0684. The largest absolute Gasteiger partial charge is 0.416 e. The van der Waals surface area contributed by atoms with E-state index in [4.69, 9.17) is 11.6 Å². The van der Waals surface area contributed by atoms with Gasteiger partial charge < -0.3 is 16.0 Å². The number of carbonyl (C=O) groups excluding carboxylic acids is 2. The van der Waals surface area contributed by atoms with E-state index < -0.39 is 17.6 Å². The van der Waals surface area contributed by atoms with Crippen LogP contribution in [0.5, 0.6) is 0 Å². The number of benzene rings is 2. The lowest BCUT2D eigenvalue weighted by atomic mass is 10.2. The Bertz CT molecular complexity index is 825. The molecule has 0 atom stereocenters. The fourth-order valence-corrected chi connectivity index (χ4v) is 2.28. The van der Waals surface area contributed by atoms with Crippen molar-refractivity contribution in [2.45, 2.75) is 13.1 Å². The van der Waals surface area contributed by atoms with Gasteiger partial charge >= 0.3 is 6.18 Å². The molecule has 0 unspecified atom stereocenters. The maximum Gasteiger partial charge on any atom is 0.416 e. The van der Waals surface area contributed by atoms with Gasteiger partial charge in [0.05, 0.1) is 22.8 Å². The van der Waals surface area contributed by atoms with Gasteiger partial charge in [-0.05, 0) is 36.4 Å². The van der Waals surface area contributed by atoms with Crippen LogP contribution in [-0.4, -0.2) is 18.4 Å². The second-order valence-electron chi connectivity index (χ2n) is 5.36. The van der Waals surface area contributed by atoms with Crippen LogP contribution in [-0.2, 0) is 15.8 Å². The molecule has 0 fully saturated rings. The van der Waals surface area contributed by atoms with Crippen LogP contribution in [0.3, 0.4) is 0 Å². The van der Waals surface area contributed by atoms with E-state index in [0.717, 1.165) is 18.2 Å². The van der Waals surface area contributed by atoms with Crippen LogP contribution in [0.25, 0.3) is 0 Å². The molecule has 0 radical (unpaired) electrons. The number of nitrogens with one attached hydrogen (secondary N) is 3. The monoisotopic (exact) mass is 385 g/mol. The molecule has 5 nitrogen and oxygen atoms in total. The predicted molar refractivity (Wildman–Crippen MR) is 94.3 cm³/mol. The van der Waals surface area contributed by atoms with E-state index in [1.54, 1.807) is 24.3 Å². The first-order valence-electron chi connectivity index (χ1n) is 7.43. The van der Waals surface area contributed by atoms with Crippen LogP contribution >= 0.6 is 11.6 Å². The smallest absolute Gasteiger partial charge is 0.375 e. The van der Waals surface area contributed by atoms with E-state index in [9.17, 15) is 22.8 Å². The number of amides is 2. The first-order chi connectivity index (χ1) is 12.1. The van der Waals surface area contributed by atoms with Crippen LogP contribution in [0, 0.1) is 0 Å². The SMILES string of the molecule is CC(=O)Nc1cccc(NC(=O)CNc2cc(C(F)(F)F)ccc2Cl)c1. The zero-order chi connectivity index (χ0) is 19.3. The summed E-state index contributed by atoms with van der Waals surface area (Å²) in [6.07, 6.45) is -4.51. The molecule has 2 amide bonds. The van der Waals surface area contributed by atoms with E-state index in [0.29, 0.717) is 11.4 Å². The first-order valence-corrected chi connectivity index (χ1v) is 7.81. The average molecular weight is 386 g/mol. The minimum Gasteiger partial charge on any atom is -0.375 e. The van der Waals surface area contributed by atoms with Crippen LogP contribution in [0.15, 0.2) is 42.5 Å². The maximum atomic E-state index is 12.7. The van der Waals surface area contributed by atoms with E-state index in [1.807, 2.05) is 0 Å². The van der Waals surface area contributed by atoms with Gasteiger partial charge in [0.1, 0.15) is 0 Å². The Labute approximate surface area is 152 Å². The molecule has 3 N–H and O–H groups in total. The van der Waals surface area contributed by atoms with Crippen molar-refractivity contribution in [3.63, 3.8) is 0 Å². The van der Waals surface area contributed by atoms with Gasteiger partial charge in [0, 0.05) is 18.3 Å². The fourth-order valence-electron chi connectivity index (χ4n) is 2.10. The molecule has 0 aliphatic heterocycles. The zero-order valence-corrected chi connectivity index (χ0v) is 14.3. The summed E-state index contributed by atoms with van der Waals surface area (Å²) < 4.78 is 38.2. The minimum atomic E-state index is -4.51. The van der Waals surface area contributed by atoms with Crippen LogP contribution < -0.4 is 16.0 Å². The van der Waals surface area contributed by atoms with Crippen LogP contribution in [0.1, 0.15) is 12.5 Å². The molecule has 0 saturated heterocycles. The van der Waals surface area contributed by atoms with E-state index in [2.05, 4.69) is 16.0 Å². The standard InChI is InChI=1S/C17H15ClF3N3O2/c1-10(25)23-12-3-2-4-13(8-12)24-16(26)9-22-15-7-11(17(19,20)21)5-6-14(15)18/h2-8,22H,9H2,1H3,(H,23,25)(H,24,26). The second-order valence-corrected chi connectivity index (χ2v) is 5.76. The van der Waals surface area contributed by atoms with Crippen molar-refractivity contribution in [3.05, 3.63) is 53.1 Å². The summed E-state index contributed by atoms with van der Waals surface area (Å²) >= 11 is 5.86. The zero-order valence-electron chi connectivity index (χ0n) is 13.6. The molecule has 0 aliphatic carbocycles. The van der Waals surface area contributed by atoms with E-state index in [-0.39, 0.29) is 23.2 Å². The second kappa shape index (κ2) is 8.09. The average Bonchev–Trinajstić information content (AvgIpc) is 2.52. The summed E-state index contributed by atoms with van der Waals surface area (Å²) in [4.78, 5) is 23.0. The van der Waals surface area contributed by atoms with Gasteiger partial charge in [0.2, 0.25) is 11.8 Å². The normalized spacial score (nSPS) is 11.0. The third-order valence-electron chi connectivity index (χ3n) is 3.20. The van der Waals surface area contributed by atoms with Crippen molar-refractivity contribution >= 4 is 40.5 Å². The van der Waals surface area contributed by atoms with Crippen LogP contribution in [0.2, 0.25) is 5.02 Å². The molecule has 9 heteroatoms. The van der Waals surface area contributed by atoms with Gasteiger partial charge in [0.25, 0.3) is 0 Å². The highest BCUT2D eigenvalue weighted by molar-refractivity contribution is 6.33. The Morgan fingerprint density at radius 2 is 1.69 bits per heavy atom. The van der Waals surface area contributed by atoms with Crippen molar-refractivity contribution in [1.82, 2.24) is 0 Å². The number of alkyl halides is 3. The molecule has 0 bridgehead atoms. The van der Waals surface area contributed by atoms with Crippen molar-refractivity contribution in [1.29, 1.82) is 0 Å². The molecule has 0 aromatic heterocycles. The number of anilines is 3. The van der Waals surface area contributed by atoms with Gasteiger partial charge in [-0.25, -0.2) is 0 Å². The Hall–Kier alpha value is -2.74. The molecule has 0 heterocycles. The number of hydrogen-bond donors (Lipinski definition) is 3. The van der Waals surface area contributed by atoms with E-state index in [1.165, 1.54) is 6.92 Å². The molecule has 0 aliphatic rings. The summed E-state index contributed by atoms with van der Waals surface area (Å²) in [5.74, 6) is -0.743. The molecule has 2 aromatic carbocycles. The number of rotatable bonds is 5.